The average molecular weight is 429 g/mol. The number of halogens is 2. The molecule has 20 heavy (non-hydrogen) atoms. The van der Waals surface area contributed by atoms with E-state index in [4.69, 9.17) is 4.74 Å². The molecule has 0 heterocycles. The number of benzene rings is 1. The van der Waals surface area contributed by atoms with Crippen molar-refractivity contribution in [3.8, 4) is 0 Å². The zero-order valence-corrected chi connectivity index (χ0v) is 15.8. The molecule has 1 atom stereocenters. The zero-order chi connectivity index (χ0) is 15.3. The highest BCUT2D eigenvalue weighted by molar-refractivity contribution is 9.11. The van der Waals surface area contributed by atoms with E-state index in [0.29, 0.717) is 17.6 Å². The average Bonchev–Trinajstić information content (AvgIpc) is 2.38. The molecule has 114 valence electrons. The lowest BCUT2D eigenvalue weighted by Gasteiger charge is -2.27. The lowest BCUT2D eigenvalue weighted by atomic mass is 10.3. The van der Waals surface area contributed by atoms with E-state index in [9.17, 15) is 8.42 Å². The molecule has 0 aromatic heterocycles. The van der Waals surface area contributed by atoms with E-state index in [1.54, 1.807) is 25.3 Å². The summed E-state index contributed by atoms with van der Waals surface area (Å²) < 4.78 is 33.5. The van der Waals surface area contributed by atoms with Crippen LogP contribution in [0.2, 0.25) is 0 Å². The molecule has 0 aliphatic heterocycles. The summed E-state index contributed by atoms with van der Waals surface area (Å²) in [5.74, 6) is 0. The minimum Gasteiger partial charge on any atom is -0.383 e. The van der Waals surface area contributed by atoms with Crippen LogP contribution in [0.15, 0.2) is 32.0 Å². The second kappa shape index (κ2) is 7.89. The molecule has 0 saturated heterocycles. The molecule has 0 aliphatic rings. The highest BCUT2D eigenvalue weighted by Gasteiger charge is 2.29. The third-order valence-electron chi connectivity index (χ3n) is 3.08. The summed E-state index contributed by atoms with van der Waals surface area (Å²) in [7, 11) is -1.98. The van der Waals surface area contributed by atoms with E-state index < -0.39 is 10.0 Å². The first-order chi connectivity index (χ1) is 9.34. The summed E-state index contributed by atoms with van der Waals surface area (Å²) in [6.45, 7) is 4.59. The molecule has 4 nitrogen and oxygen atoms in total. The van der Waals surface area contributed by atoms with Crippen LogP contribution in [-0.4, -0.2) is 39.0 Å². The van der Waals surface area contributed by atoms with E-state index in [0.717, 1.165) is 10.9 Å². The molecule has 1 unspecified atom stereocenters. The minimum atomic E-state index is -3.55. The molecular weight excluding hydrogens is 410 g/mol. The number of ether oxygens (including phenoxy) is 1. The van der Waals surface area contributed by atoms with Gasteiger partial charge in [-0.15, -0.1) is 0 Å². The zero-order valence-electron chi connectivity index (χ0n) is 11.8. The maximum Gasteiger partial charge on any atom is 0.244 e. The Morgan fingerprint density at radius 3 is 2.50 bits per heavy atom. The summed E-state index contributed by atoms with van der Waals surface area (Å²) in [5, 5.41) is 0. The van der Waals surface area contributed by atoms with Gasteiger partial charge in [0.25, 0.3) is 0 Å². The van der Waals surface area contributed by atoms with Crippen LogP contribution >= 0.6 is 31.9 Å². The highest BCUT2D eigenvalue weighted by atomic mass is 79.9. The van der Waals surface area contributed by atoms with E-state index in [2.05, 4.69) is 31.9 Å². The van der Waals surface area contributed by atoms with Gasteiger partial charge in [-0.1, -0.05) is 22.9 Å². The Morgan fingerprint density at radius 2 is 2.00 bits per heavy atom. The van der Waals surface area contributed by atoms with Crippen LogP contribution in [0, 0.1) is 0 Å². The van der Waals surface area contributed by atoms with Crippen molar-refractivity contribution in [3.05, 3.63) is 27.1 Å². The fourth-order valence-corrected chi connectivity index (χ4v) is 5.17. The van der Waals surface area contributed by atoms with Gasteiger partial charge in [-0.25, -0.2) is 8.42 Å². The Kier molecular flexibility index (Phi) is 7.14. The van der Waals surface area contributed by atoms with E-state index in [1.807, 2.05) is 13.8 Å². The molecule has 0 bridgehead atoms. The van der Waals surface area contributed by atoms with Crippen molar-refractivity contribution in [2.45, 2.75) is 31.2 Å². The van der Waals surface area contributed by atoms with Gasteiger partial charge in [-0.3, -0.25) is 0 Å². The van der Waals surface area contributed by atoms with Gasteiger partial charge in [0, 0.05) is 28.6 Å². The Balaban J connectivity index is 3.21. The number of hydrogen-bond acceptors (Lipinski definition) is 3. The number of methoxy groups -OCH3 is 1. The third-order valence-corrected chi connectivity index (χ3v) is 6.56. The maximum atomic E-state index is 12.8. The van der Waals surface area contributed by atoms with Gasteiger partial charge in [0.1, 0.15) is 0 Å². The van der Waals surface area contributed by atoms with Gasteiger partial charge in [0.05, 0.1) is 11.5 Å². The molecule has 0 amide bonds. The monoisotopic (exact) mass is 427 g/mol. The molecule has 0 saturated carbocycles. The van der Waals surface area contributed by atoms with E-state index >= 15 is 0 Å². The van der Waals surface area contributed by atoms with Crippen molar-refractivity contribution in [2.75, 3.05) is 20.3 Å². The molecule has 0 spiro atoms. The van der Waals surface area contributed by atoms with Gasteiger partial charge >= 0.3 is 0 Å². The molecule has 0 aliphatic carbocycles. The molecule has 1 aromatic rings. The molecule has 0 N–H and O–H groups in total. The van der Waals surface area contributed by atoms with Crippen molar-refractivity contribution >= 4 is 41.9 Å². The van der Waals surface area contributed by atoms with E-state index in [1.165, 1.54) is 4.31 Å². The second-order valence-electron chi connectivity index (χ2n) is 4.44. The molecule has 7 heteroatoms. The topological polar surface area (TPSA) is 46.6 Å². The van der Waals surface area contributed by atoms with Crippen molar-refractivity contribution < 1.29 is 13.2 Å². The summed E-state index contributed by atoms with van der Waals surface area (Å²) in [5.41, 5.74) is 0. The summed E-state index contributed by atoms with van der Waals surface area (Å²) in [4.78, 5) is 0.275. The molecule has 0 fully saturated rings. The van der Waals surface area contributed by atoms with Crippen LogP contribution in [0.5, 0.6) is 0 Å². The fourth-order valence-electron chi connectivity index (χ4n) is 1.77. The lowest BCUT2D eigenvalue weighted by Crippen LogP contribution is -2.40. The van der Waals surface area contributed by atoms with Crippen LogP contribution in [0.25, 0.3) is 0 Å². The predicted molar refractivity (Wildman–Crippen MR) is 87.4 cm³/mol. The fraction of sp³-hybridized carbons (Fsp3) is 0.538. The summed E-state index contributed by atoms with van der Waals surface area (Å²) >= 11 is 6.65. The molecule has 1 aromatic carbocycles. The van der Waals surface area contributed by atoms with Crippen LogP contribution in [-0.2, 0) is 14.8 Å². The van der Waals surface area contributed by atoms with Crippen LogP contribution in [0.1, 0.15) is 20.3 Å². The molecule has 1 rings (SSSR count). The quantitative estimate of drug-likeness (QED) is 0.665. The maximum absolute atomic E-state index is 12.8. The second-order valence-corrected chi connectivity index (χ2v) is 8.07. The first kappa shape index (κ1) is 18.1. The smallest absolute Gasteiger partial charge is 0.244 e. The Bertz CT molecular complexity index is 549. The van der Waals surface area contributed by atoms with Gasteiger partial charge in [-0.05, 0) is 47.5 Å². The lowest BCUT2D eigenvalue weighted by molar-refractivity contribution is 0.167. The Labute approximate surface area is 137 Å². The van der Waals surface area contributed by atoms with Crippen LogP contribution in [0.4, 0.5) is 0 Å². The summed E-state index contributed by atoms with van der Waals surface area (Å²) in [6, 6.07) is 4.98. The van der Waals surface area contributed by atoms with Crippen LogP contribution in [0.3, 0.4) is 0 Å². The van der Waals surface area contributed by atoms with Gasteiger partial charge in [0.15, 0.2) is 0 Å². The predicted octanol–water partition coefficient (Wildman–Crippen LogP) is 3.65. The Hall–Kier alpha value is 0.0500. The van der Waals surface area contributed by atoms with Gasteiger partial charge in [-0.2, -0.15) is 4.31 Å². The SMILES string of the molecule is CCC(C)N(CCOC)S(=O)(=O)c1ccc(Br)cc1Br. The first-order valence-corrected chi connectivity index (χ1v) is 9.33. The molecule has 0 radical (unpaired) electrons. The van der Waals surface area contributed by atoms with Gasteiger partial charge in [0.2, 0.25) is 10.0 Å². The number of nitrogens with zero attached hydrogens (tertiary/aromatic N) is 1. The number of sulfonamides is 1. The van der Waals surface area contributed by atoms with Crippen molar-refractivity contribution in [1.29, 1.82) is 0 Å². The van der Waals surface area contributed by atoms with Crippen molar-refractivity contribution in [1.82, 2.24) is 4.31 Å². The number of rotatable bonds is 7. The van der Waals surface area contributed by atoms with Crippen LogP contribution < -0.4 is 0 Å². The number of hydrogen-bond donors (Lipinski definition) is 0. The highest BCUT2D eigenvalue weighted by Crippen LogP contribution is 2.29. The normalized spacial score (nSPS) is 13.7. The Morgan fingerprint density at radius 1 is 1.35 bits per heavy atom. The van der Waals surface area contributed by atoms with Gasteiger partial charge < -0.3 is 4.74 Å². The van der Waals surface area contributed by atoms with Crippen molar-refractivity contribution in [2.24, 2.45) is 0 Å². The van der Waals surface area contributed by atoms with Crippen molar-refractivity contribution in [3.63, 3.8) is 0 Å². The largest absolute Gasteiger partial charge is 0.383 e. The third kappa shape index (κ3) is 4.27. The first-order valence-electron chi connectivity index (χ1n) is 6.30. The minimum absolute atomic E-state index is 0.0781. The standard InChI is InChI=1S/C13H19Br2NO3S/c1-4-10(2)16(7-8-19-3)20(17,18)13-6-5-11(14)9-12(13)15/h5-6,9-10H,4,7-8H2,1-3H3. The van der Waals surface area contributed by atoms with E-state index in [-0.39, 0.29) is 10.9 Å². The summed E-state index contributed by atoms with van der Waals surface area (Å²) in [6.07, 6.45) is 0.747. The molecular formula is C13H19Br2NO3S.